The number of halogens is 1. The van der Waals surface area contributed by atoms with Crippen LogP contribution in [0.25, 0.3) is 0 Å². The Bertz CT molecular complexity index is 870. The Hall–Kier alpha value is -2.73. The summed E-state index contributed by atoms with van der Waals surface area (Å²) in [6.45, 7) is 0.803. The lowest BCUT2D eigenvalue weighted by atomic mass is 10.1. The molecule has 0 saturated heterocycles. The van der Waals surface area contributed by atoms with Gasteiger partial charge in [-0.1, -0.05) is 29.6 Å². The van der Waals surface area contributed by atoms with Crippen molar-refractivity contribution in [2.75, 3.05) is 29.9 Å². The monoisotopic (exact) mass is 419 g/mol. The molecular weight excluding hydrogens is 398 g/mol. The molecule has 2 aromatic rings. The van der Waals surface area contributed by atoms with Gasteiger partial charge in [0.25, 0.3) is 0 Å². The van der Waals surface area contributed by atoms with Crippen molar-refractivity contribution in [2.45, 2.75) is 6.54 Å². The van der Waals surface area contributed by atoms with Crippen molar-refractivity contribution in [2.24, 2.45) is 5.73 Å². The molecule has 0 aliphatic heterocycles. The maximum absolute atomic E-state index is 10.8. The minimum absolute atomic E-state index is 0.0693. The first-order valence-corrected chi connectivity index (χ1v) is 9.69. The van der Waals surface area contributed by atoms with Gasteiger partial charge < -0.3 is 21.1 Å². The van der Waals surface area contributed by atoms with E-state index in [1.165, 1.54) is 11.9 Å². The van der Waals surface area contributed by atoms with E-state index in [4.69, 9.17) is 28.3 Å². The van der Waals surface area contributed by atoms with Crippen molar-refractivity contribution in [1.29, 1.82) is 5.26 Å². The zero-order chi connectivity index (χ0) is 21.1. The van der Waals surface area contributed by atoms with Gasteiger partial charge in [-0.15, -0.1) is 0 Å². The van der Waals surface area contributed by atoms with Crippen LogP contribution in [0, 0.1) is 11.3 Å². The number of nitrogen functional groups attached to an aromatic ring is 1. The van der Waals surface area contributed by atoms with Gasteiger partial charge in [-0.25, -0.2) is 0 Å². The largest absolute Gasteiger partial charge is 0.398 e. The van der Waals surface area contributed by atoms with Crippen LogP contribution in [0.1, 0.15) is 21.5 Å². The van der Waals surface area contributed by atoms with Gasteiger partial charge in [0.1, 0.15) is 12.8 Å². The number of nitrogens with zero attached hydrogens (tertiary/aromatic N) is 2. The van der Waals surface area contributed by atoms with E-state index in [9.17, 15) is 9.59 Å². The maximum Gasteiger partial charge on any atom is 0.238 e. The average molecular weight is 420 g/mol. The SMILES string of the molecule is CNCc1ccc(C#N)cc1N.CSN(CC(N)=O)c1cc(Cl)cc(C=O)c1. The second-order valence-corrected chi connectivity index (χ2v) is 6.84. The van der Waals surface area contributed by atoms with Crippen molar-refractivity contribution < 1.29 is 9.59 Å². The molecule has 0 saturated carbocycles. The molecule has 0 aromatic heterocycles. The second-order valence-electron chi connectivity index (χ2n) is 5.60. The fourth-order valence-corrected chi connectivity index (χ4v) is 3.04. The van der Waals surface area contributed by atoms with Crippen molar-refractivity contribution in [3.8, 4) is 6.07 Å². The van der Waals surface area contributed by atoms with Crippen LogP contribution in [0.4, 0.5) is 11.4 Å². The fourth-order valence-electron chi connectivity index (χ4n) is 2.23. The molecule has 2 rings (SSSR count). The number of carbonyl (C=O) groups is 2. The zero-order valence-corrected chi connectivity index (χ0v) is 17.2. The Morgan fingerprint density at radius 2 is 2.07 bits per heavy atom. The van der Waals surface area contributed by atoms with E-state index >= 15 is 0 Å². The number of primary amides is 1. The summed E-state index contributed by atoms with van der Waals surface area (Å²) in [5.41, 5.74) is 14.3. The Morgan fingerprint density at radius 1 is 1.36 bits per heavy atom. The topological polar surface area (TPSA) is 125 Å². The highest BCUT2D eigenvalue weighted by atomic mass is 35.5. The van der Waals surface area contributed by atoms with Crippen LogP contribution >= 0.6 is 23.5 Å². The molecule has 0 aliphatic rings. The first kappa shape index (κ1) is 23.3. The molecule has 0 aliphatic carbocycles. The van der Waals surface area contributed by atoms with Crippen molar-refractivity contribution in [3.05, 3.63) is 58.1 Å². The van der Waals surface area contributed by atoms with Crippen LogP contribution in [0.5, 0.6) is 0 Å². The normalized spacial score (nSPS) is 9.64. The van der Waals surface area contributed by atoms with Crippen LogP contribution in [-0.2, 0) is 11.3 Å². The number of rotatable bonds is 7. The van der Waals surface area contributed by atoms with E-state index in [0.717, 1.165) is 12.1 Å². The van der Waals surface area contributed by atoms with Crippen molar-refractivity contribution in [3.63, 3.8) is 0 Å². The third kappa shape index (κ3) is 7.48. The molecular formula is C19H22ClN5O2S. The highest BCUT2D eigenvalue weighted by Crippen LogP contribution is 2.25. The van der Waals surface area contributed by atoms with Crippen LogP contribution in [0.15, 0.2) is 36.4 Å². The minimum Gasteiger partial charge on any atom is -0.398 e. The van der Waals surface area contributed by atoms with Gasteiger partial charge in [0.05, 0.1) is 11.6 Å². The number of amides is 1. The molecule has 0 bridgehead atoms. The summed E-state index contributed by atoms with van der Waals surface area (Å²) in [6.07, 6.45) is 2.52. The van der Waals surface area contributed by atoms with Gasteiger partial charge in [-0.3, -0.25) is 9.59 Å². The molecule has 0 unspecified atom stereocenters. The van der Waals surface area contributed by atoms with Gasteiger partial charge in [-0.05, 0) is 42.9 Å². The third-order valence-corrected chi connectivity index (χ3v) is 4.49. The van der Waals surface area contributed by atoms with Gasteiger partial charge in [0, 0.05) is 34.8 Å². The second kappa shape index (κ2) is 11.9. The first-order chi connectivity index (χ1) is 13.3. The molecule has 0 spiro atoms. The van der Waals surface area contributed by atoms with E-state index in [1.54, 1.807) is 34.6 Å². The molecule has 0 fully saturated rings. The summed E-state index contributed by atoms with van der Waals surface area (Å²) in [4.78, 5) is 21.5. The number of aldehydes is 1. The summed E-state index contributed by atoms with van der Waals surface area (Å²) < 4.78 is 1.67. The van der Waals surface area contributed by atoms with Gasteiger partial charge in [-0.2, -0.15) is 5.26 Å². The summed E-state index contributed by atoms with van der Waals surface area (Å²) in [7, 11) is 1.86. The minimum atomic E-state index is -0.443. The van der Waals surface area contributed by atoms with Crippen LogP contribution < -0.4 is 21.1 Å². The lowest BCUT2D eigenvalue weighted by molar-refractivity contribution is -0.116. The van der Waals surface area contributed by atoms with E-state index in [0.29, 0.717) is 33.8 Å². The number of hydrogen-bond acceptors (Lipinski definition) is 7. The lowest BCUT2D eigenvalue weighted by Gasteiger charge is -2.20. The number of benzene rings is 2. The average Bonchev–Trinajstić information content (AvgIpc) is 2.67. The molecule has 7 nitrogen and oxygen atoms in total. The number of nitrogens with one attached hydrogen (secondary N) is 1. The summed E-state index contributed by atoms with van der Waals surface area (Å²) in [5.74, 6) is -0.443. The molecule has 28 heavy (non-hydrogen) atoms. The van der Waals surface area contributed by atoms with Crippen LogP contribution in [0.3, 0.4) is 0 Å². The standard InChI is InChI=1S/C10H11ClN2O2S.C9H11N3/c1-16-13(5-10(12)15)9-3-7(6-14)2-8(11)4-9;1-12-6-8-3-2-7(5-10)4-9(8)11/h2-4,6H,5H2,1H3,(H2,12,15);2-4,12H,6,11H2,1H3. The number of hydrogen-bond donors (Lipinski definition) is 3. The van der Waals surface area contributed by atoms with E-state index < -0.39 is 5.91 Å². The molecule has 148 valence electrons. The molecule has 0 atom stereocenters. The Labute approximate surface area is 173 Å². The maximum atomic E-state index is 10.8. The smallest absolute Gasteiger partial charge is 0.238 e. The third-order valence-electron chi connectivity index (χ3n) is 3.49. The quantitative estimate of drug-likeness (QED) is 0.357. The van der Waals surface area contributed by atoms with Gasteiger partial charge >= 0.3 is 0 Å². The summed E-state index contributed by atoms with van der Waals surface area (Å²) in [6, 6.07) is 12.2. The lowest BCUT2D eigenvalue weighted by Crippen LogP contribution is -2.28. The first-order valence-electron chi connectivity index (χ1n) is 8.13. The van der Waals surface area contributed by atoms with Gasteiger partial charge in [0.2, 0.25) is 5.91 Å². The summed E-state index contributed by atoms with van der Waals surface area (Å²) in [5, 5.41) is 12.0. The number of carbonyl (C=O) groups excluding carboxylic acids is 2. The predicted octanol–water partition coefficient (Wildman–Crippen LogP) is 2.58. The van der Waals surface area contributed by atoms with E-state index in [2.05, 4.69) is 5.32 Å². The van der Waals surface area contributed by atoms with E-state index in [1.807, 2.05) is 25.4 Å². The van der Waals surface area contributed by atoms with Crippen LogP contribution in [0.2, 0.25) is 5.02 Å². The summed E-state index contributed by atoms with van der Waals surface area (Å²) >= 11 is 7.19. The molecule has 0 radical (unpaired) electrons. The fraction of sp³-hybridized carbons (Fsp3) is 0.211. The molecule has 5 N–H and O–H groups in total. The molecule has 1 amide bonds. The van der Waals surface area contributed by atoms with Crippen molar-refractivity contribution in [1.82, 2.24) is 5.32 Å². The Morgan fingerprint density at radius 3 is 2.57 bits per heavy atom. The number of nitriles is 1. The van der Waals surface area contributed by atoms with Crippen molar-refractivity contribution >= 4 is 47.1 Å². The number of nitrogens with two attached hydrogens (primary N) is 2. The Kier molecular flexibility index (Phi) is 9.88. The number of anilines is 2. The highest BCUT2D eigenvalue weighted by molar-refractivity contribution is 8.00. The highest BCUT2D eigenvalue weighted by Gasteiger charge is 2.10. The Balaban J connectivity index is 0.000000292. The molecule has 9 heteroatoms. The molecule has 2 aromatic carbocycles. The van der Waals surface area contributed by atoms with Gasteiger partial charge in [0.15, 0.2) is 0 Å². The molecule has 0 heterocycles. The predicted molar refractivity (Wildman–Crippen MR) is 115 cm³/mol. The zero-order valence-electron chi connectivity index (χ0n) is 15.6. The van der Waals surface area contributed by atoms with Crippen LogP contribution in [-0.4, -0.2) is 32.0 Å². The van der Waals surface area contributed by atoms with E-state index in [-0.39, 0.29) is 6.54 Å².